The molecule has 0 N–H and O–H groups in total. The van der Waals surface area contributed by atoms with E-state index in [1.807, 2.05) is 0 Å². The molecular formula is C10H16N2. The summed E-state index contributed by atoms with van der Waals surface area (Å²) in [5, 5.41) is 0. The maximum atomic E-state index is 4.12. The van der Waals surface area contributed by atoms with E-state index in [1.165, 1.54) is 12.4 Å². The van der Waals surface area contributed by atoms with E-state index in [9.17, 15) is 0 Å². The molecule has 0 aromatic carbocycles. The van der Waals surface area contributed by atoms with Gasteiger partial charge in [0.1, 0.15) is 0 Å². The van der Waals surface area contributed by atoms with Gasteiger partial charge in [-0.1, -0.05) is 33.9 Å². The average molecular weight is 164 g/mol. The van der Waals surface area contributed by atoms with E-state index < -0.39 is 0 Å². The minimum Gasteiger partial charge on any atom is -0.263 e. The first-order valence-corrected chi connectivity index (χ1v) is 3.85. The van der Waals surface area contributed by atoms with Crippen LogP contribution in [-0.4, -0.2) is 11.9 Å². The Balaban J connectivity index is 4.68. The van der Waals surface area contributed by atoms with Crippen molar-refractivity contribution in [1.82, 2.24) is 0 Å². The summed E-state index contributed by atoms with van der Waals surface area (Å²) < 4.78 is 0. The Morgan fingerprint density at radius 2 is 1.75 bits per heavy atom. The molecule has 0 aliphatic carbocycles. The van der Waals surface area contributed by atoms with Gasteiger partial charge in [-0.25, -0.2) is 0 Å². The van der Waals surface area contributed by atoms with Gasteiger partial charge in [-0.2, -0.15) is 0 Å². The Bertz CT molecular complexity index is 216. The highest BCUT2D eigenvalue weighted by Gasteiger charge is 2.15. The van der Waals surface area contributed by atoms with Crippen molar-refractivity contribution in [2.24, 2.45) is 15.4 Å². The predicted octanol–water partition coefficient (Wildman–Crippen LogP) is 2.83. The van der Waals surface area contributed by atoms with Crippen molar-refractivity contribution in [3.63, 3.8) is 0 Å². The Kier molecular flexibility index (Phi) is 4.19. The van der Waals surface area contributed by atoms with Crippen molar-refractivity contribution in [1.29, 1.82) is 0 Å². The van der Waals surface area contributed by atoms with Crippen LogP contribution in [0.25, 0.3) is 0 Å². The lowest BCUT2D eigenvalue weighted by molar-refractivity contribution is 0.598. The quantitative estimate of drug-likeness (QED) is 0.573. The number of rotatable bonds is 3. The number of aliphatic imine (C=N–C) groups is 2. The normalized spacial score (nSPS) is 13.4. The third-order valence-corrected chi connectivity index (χ3v) is 1.30. The van der Waals surface area contributed by atoms with E-state index in [2.05, 4.69) is 43.9 Å². The van der Waals surface area contributed by atoms with Crippen LogP contribution < -0.4 is 0 Å². The summed E-state index contributed by atoms with van der Waals surface area (Å²) in [6, 6.07) is 0. The maximum absolute atomic E-state index is 4.12. The summed E-state index contributed by atoms with van der Waals surface area (Å²) in [6.45, 7) is 13.3. The third-order valence-electron chi connectivity index (χ3n) is 1.30. The first-order valence-electron chi connectivity index (χ1n) is 3.85. The maximum Gasteiger partial charge on any atom is 0.0639 e. The van der Waals surface area contributed by atoms with Crippen LogP contribution in [0.15, 0.2) is 35.5 Å². The molecule has 0 radical (unpaired) electrons. The molecule has 66 valence electrons. The monoisotopic (exact) mass is 164 g/mol. The van der Waals surface area contributed by atoms with Crippen molar-refractivity contribution in [3.05, 3.63) is 25.6 Å². The summed E-state index contributed by atoms with van der Waals surface area (Å²) in [5.74, 6) is 0. The molecule has 0 fully saturated rings. The van der Waals surface area contributed by atoms with Crippen LogP contribution in [0.3, 0.4) is 0 Å². The fourth-order valence-corrected chi connectivity index (χ4v) is 0.642. The van der Waals surface area contributed by atoms with Crippen LogP contribution >= 0.6 is 0 Å². The Morgan fingerprint density at radius 3 is 2.08 bits per heavy atom. The van der Waals surface area contributed by atoms with E-state index in [4.69, 9.17) is 0 Å². The lowest BCUT2D eigenvalue weighted by Crippen LogP contribution is -2.21. The second kappa shape index (κ2) is 4.65. The van der Waals surface area contributed by atoms with Crippen LogP contribution in [0.4, 0.5) is 0 Å². The zero-order chi connectivity index (χ0) is 9.61. The second-order valence-electron chi connectivity index (χ2n) is 3.41. The van der Waals surface area contributed by atoms with E-state index in [0.29, 0.717) is 0 Å². The van der Waals surface area contributed by atoms with Gasteiger partial charge in [-0.3, -0.25) is 9.98 Å². The SMILES string of the molecule is C=CN=CC(=NC=C)C(C)(C)C. The molecule has 0 unspecified atom stereocenters. The Labute approximate surface area is 74.4 Å². The molecule has 0 rings (SSSR count). The van der Waals surface area contributed by atoms with E-state index in [1.54, 1.807) is 6.21 Å². The number of nitrogens with zero attached hydrogens (tertiary/aromatic N) is 2. The predicted molar refractivity (Wildman–Crippen MR) is 55.8 cm³/mol. The molecule has 2 nitrogen and oxygen atoms in total. The molecule has 0 amide bonds. The number of hydrogen-bond acceptors (Lipinski definition) is 2. The molecular weight excluding hydrogens is 148 g/mol. The molecule has 0 heterocycles. The van der Waals surface area contributed by atoms with Crippen molar-refractivity contribution >= 4 is 11.9 Å². The topological polar surface area (TPSA) is 24.7 Å². The van der Waals surface area contributed by atoms with Gasteiger partial charge < -0.3 is 0 Å². The molecule has 0 bridgehead atoms. The molecule has 0 aromatic rings. The van der Waals surface area contributed by atoms with Gasteiger partial charge in [-0.15, -0.1) is 0 Å². The standard InChI is InChI=1S/C10H16N2/c1-6-11-8-9(12-7-2)10(3,4)5/h6-8H,1-2H2,3-5H3. The van der Waals surface area contributed by atoms with Gasteiger partial charge in [0.2, 0.25) is 0 Å². The third kappa shape index (κ3) is 3.86. The highest BCUT2D eigenvalue weighted by atomic mass is 14.8. The largest absolute Gasteiger partial charge is 0.263 e. The van der Waals surface area contributed by atoms with Gasteiger partial charge in [0.25, 0.3) is 0 Å². The van der Waals surface area contributed by atoms with Gasteiger partial charge in [0.05, 0.1) is 5.71 Å². The lowest BCUT2D eigenvalue weighted by Gasteiger charge is -2.16. The smallest absolute Gasteiger partial charge is 0.0639 e. The van der Waals surface area contributed by atoms with Crippen LogP contribution in [-0.2, 0) is 0 Å². The average Bonchev–Trinajstić information content (AvgIpc) is 1.95. The van der Waals surface area contributed by atoms with E-state index in [0.717, 1.165) is 5.71 Å². The molecule has 0 saturated heterocycles. The van der Waals surface area contributed by atoms with Crippen LogP contribution in [0.1, 0.15) is 20.8 Å². The summed E-state index contributed by atoms with van der Waals surface area (Å²) in [4.78, 5) is 8.03. The summed E-state index contributed by atoms with van der Waals surface area (Å²) in [5.41, 5.74) is 0.901. The minimum atomic E-state index is 0.000694. The molecule has 2 heteroatoms. The summed E-state index contributed by atoms with van der Waals surface area (Å²) >= 11 is 0. The molecule has 0 aromatic heterocycles. The highest BCUT2D eigenvalue weighted by molar-refractivity contribution is 6.33. The van der Waals surface area contributed by atoms with Crippen LogP contribution in [0.5, 0.6) is 0 Å². The van der Waals surface area contributed by atoms with Crippen molar-refractivity contribution < 1.29 is 0 Å². The summed E-state index contributed by atoms with van der Waals surface area (Å²) in [6.07, 6.45) is 4.72. The fourth-order valence-electron chi connectivity index (χ4n) is 0.642. The molecule has 0 saturated carbocycles. The molecule has 0 spiro atoms. The van der Waals surface area contributed by atoms with Gasteiger partial charge in [0.15, 0.2) is 0 Å². The zero-order valence-corrected chi connectivity index (χ0v) is 8.04. The van der Waals surface area contributed by atoms with Gasteiger partial charge in [-0.05, 0) is 0 Å². The first kappa shape index (κ1) is 10.8. The Hall–Kier alpha value is -1.18. The zero-order valence-electron chi connectivity index (χ0n) is 8.04. The van der Waals surface area contributed by atoms with Crippen LogP contribution in [0, 0.1) is 5.41 Å². The van der Waals surface area contributed by atoms with Gasteiger partial charge in [0, 0.05) is 24.0 Å². The molecule has 12 heavy (non-hydrogen) atoms. The van der Waals surface area contributed by atoms with Crippen molar-refractivity contribution in [3.8, 4) is 0 Å². The molecule has 0 aliphatic rings. The van der Waals surface area contributed by atoms with Crippen molar-refractivity contribution in [2.75, 3.05) is 0 Å². The lowest BCUT2D eigenvalue weighted by atomic mass is 9.90. The minimum absolute atomic E-state index is 0.000694. The highest BCUT2D eigenvalue weighted by Crippen LogP contribution is 2.14. The van der Waals surface area contributed by atoms with Crippen LogP contribution in [0.2, 0.25) is 0 Å². The number of hydrogen-bond donors (Lipinski definition) is 0. The van der Waals surface area contributed by atoms with E-state index in [-0.39, 0.29) is 5.41 Å². The van der Waals surface area contributed by atoms with Crippen molar-refractivity contribution in [2.45, 2.75) is 20.8 Å². The second-order valence-corrected chi connectivity index (χ2v) is 3.41. The summed E-state index contributed by atoms with van der Waals surface area (Å²) in [7, 11) is 0. The van der Waals surface area contributed by atoms with Gasteiger partial charge >= 0.3 is 0 Å². The fraction of sp³-hybridized carbons (Fsp3) is 0.400. The van der Waals surface area contributed by atoms with E-state index >= 15 is 0 Å². The molecule has 0 atom stereocenters. The Morgan fingerprint density at radius 1 is 1.17 bits per heavy atom. The molecule has 0 aliphatic heterocycles. The first-order chi connectivity index (χ1) is 5.52.